The lowest BCUT2D eigenvalue weighted by molar-refractivity contribution is -0.389. The Hall–Kier alpha value is -0.830. The van der Waals surface area contributed by atoms with Crippen LogP contribution in [0.1, 0.15) is 5.56 Å². The number of rotatable bonds is 4. The summed E-state index contributed by atoms with van der Waals surface area (Å²) in [5.74, 6) is -9.19. The van der Waals surface area contributed by atoms with Crippen molar-refractivity contribution in [2.24, 2.45) is 0 Å². The molecule has 0 N–H and O–H groups in total. The Morgan fingerprint density at radius 1 is 0.852 bits per heavy atom. The van der Waals surface area contributed by atoms with Gasteiger partial charge in [-0.25, -0.2) is 4.39 Å². The topological polar surface area (TPSA) is 23.1 Å². The van der Waals surface area contributed by atoms with Gasteiger partial charge in [0.05, 0.1) is 6.07 Å². The summed E-state index contributed by atoms with van der Waals surface area (Å²) in [4.78, 5) is -1.36. The second-order valence-electron chi connectivity index (χ2n) is 4.91. The molecule has 0 spiro atoms. The van der Waals surface area contributed by atoms with E-state index < -0.39 is 68.0 Å². The minimum atomic E-state index is -7.01. The summed E-state index contributed by atoms with van der Waals surface area (Å²) in [5, 5.41) is 0. The van der Waals surface area contributed by atoms with Gasteiger partial charge in [-0.3, -0.25) is 0 Å². The SMILES string of the molecule is [O-][S+](CC(F)(F)F)c1[c]c(Br)cc(C(F)(C(F)(F)F)C(F)(F)C(F)(F)F)c1. The van der Waals surface area contributed by atoms with Crippen LogP contribution in [0.15, 0.2) is 21.5 Å². The first-order valence-corrected chi connectivity index (χ1v) is 8.24. The Morgan fingerprint density at radius 2 is 1.33 bits per heavy atom. The summed E-state index contributed by atoms with van der Waals surface area (Å²) in [6.07, 6.45) is -19.0. The second kappa shape index (κ2) is 7.21. The molecule has 0 aliphatic carbocycles. The van der Waals surface area contributed by atoms with Gasteiger partial charge in [-0.05, 0) is 33.2 Å². The number of hydrogen-bond donors (Lipinski definition) is 0. The summed E-state index contributed by atoms with van der Waals surface area (Å²) in [5.41, 5.74) is -8.76. The van der Waals surface area contributed by atoms with Gasteiger partial charge in [-0.15, -0.1) is 0 Å². The highest BCUT2D eigenvalue weighted by Crippen LogP contribution is 2.58. The fourth-order valence-corrected chi connectivity index (χ4v) is 3.30. The van der Waals surface area contributed by atoms with E-state index in [-0.39, 0.29) is 6.07 Å². The van der Waals surface area contributed by atoms with Crippen molar-refractivity contribution >= 4 is 27.1 Å². The highest BCUT2D eigenvalue weighted by molar-refractivity contribution is 9.10. The minimum Gasteiger partial charge on any atom is -0.611 e. The molecule has 2 unspecified atom stereocenters. The van der Waals surface area contributed by atoms with Gasteiger partial charge in [0, 0.05) is 16.1 Å². The molecule has 15 heteroatoms. The Morgan fingerprint density at radius 3 is 1.70 bits per heavy atom. The summed E-state index contributed by atoms with van der Waals surface area (Å²) < 4.78 is 164. The third-order valence-corrected chi connectivity index (χ3v) is 4.66. The zero-order valence-electron chi connectivity index (χ0n) is 12.1. The van der Waals surface area contributed by atoms with E-state index in [2.05, 4.69) is 15.9 Å². The maximum atomic E-state index is 14.3. The Labute approximate surface area is 154 Å². The van der Waals surface area contributed by atoms with Crippen molar-refractivity contribution in [1.82, 2.24) is 0 Å². The van der Waals surface area contributed by atoms with Gasteiger partial charge >= 0.3 is 30.1 Å². The van der Waals surface area contributed by atoms with E-state index >= 15 is 0 Å². The van der Waals surface area contributed by atoms with Crippen LogP contribution in [0.2, 0.25) is 0 Å². The fraction of sp³-hybridized carbons (Fsp3) is 0.500. The normalized spacial score (nSPS) is 17.6. The van der Waals surface area contributed by atoms with E-state index in [9.17, 15) is 57.2 Å². The van der Waals surface area contributed by atoms with Crippen LogP contribution >= 0.6 is 15.9 Å². The Balaban J connectivity index is 3.68. The highest BCUT2D eigenvalue weighted by atomic mass is 79.9. The zero-order valence-corrected chi connectivity index (χ0v) is 14.5. The van der Waals surface area contributed by atoms with Crippen LogP contribution < -0.4 is 0 Å². The van der Waals surface area contributed by atoms with Crippen molar-refractivity contribution in [2.75, 3.05) is 5.75 Å². The molecule has 0 aromatic heterocycles. The predicted octanol–water partition coefficient (Wildman–Crippen LogP) is 5.84. The van der Waals surface area contributed by atoms with Crippen molar-refractivity contribution in [3.05, 3.63) is 28.2 Å². The van der Waals surface area contributed by atoms with Gasteiger partial charge in [0.25, 0.3) is 0 Å². The van der Waals surface area contributed by atoms with Crippen LogP contribution in [0, 0.1) is 6.07 Å². The third kappa shape index (κ3) is 4.78. The minimum absolute atomic E-state index is 0.179. The molecule has 1 nitrogen and oxygen atoms in total. The monoisotopic (exact) mass is 503 g/mol. The van der Waals surface area contributed by atoms with Gasteiger partial charge in [0.2, 0.25) is 5.75 Å². The van der Waals surface area contributed by atoms with Crippen molar-refractivity contribution in [3.63, 3.8) is 0 Å². The van der Waals surface area contributed by atoms with Crippen molar-refractivity contribution < 1.29 is 57.2 Å². The summed E-state index contributed by atoms with van der Waals surface area (Å²) in [6.45, 7) is 0. The largest absolute Gasteiger partial charge is 0.611 e. The standard InChI is InChI=1S/C12H4BrF12OS/c13-6-1-5(2-7(3-6)27(26)4-8(14,15)16)9(17,11(20,21)22)10(18,19)12(23,24)25/h1-2H,4H2. The van der Waals surface area contributed by atoms with Gasteiger partial charge in [-0.2, -0.15) is 48.3 Å². The van der Waals surface area contributed by atoms with E-state index in [1.54, 1.807) is 6.07 Å². The zero-order chi connectivity index (χ0) is 21.6. The van der Waals surface area contributed by atoms with Gasteiger partial charge in [0.1, 0.15) is 0 Å². The molecule has 1 aromatic rings. The molecular formula is C12H4BrF12OS. The van der Waals surface area contributed by atoms with E-state index in [4.69, 9.17) is 0 Å². The van der Waals surface area contributed by atoms with Crippen LogP contribution in [0.3, 0.4) is 0 Å². The quantitative estimate of drug-likeness (QED) is 0.373. The first-order chi connectivity index (χ1) is 11.7. The lowest BCUT2D eigenvalue weighted by Gasteiger charge is -2.36. The molecule has 0 bridgehead atoms. The van der Waals surface area contributed by atoms with Crippen LogP contribution in [-0.4, -0.2) is 34.8 Å². The lowest BCUT2D eigenvalue weighted by atomic mass is 9.88. The molecule has 0 fully saturated rings. The smallest absolute Gasteiger partial charge is 0.457 e. The van der Waals surface area contributed by atoms with E-state index in [1.165, 1.54) is 0 Å². The molecule has 0 amide bonds. The van der Waals surface area contributed by atoms with Crippen molar-refractivity contribution in [1.29, 1.82) is 0 Å². The second-order valence-corrected chi connectivity index (χ2v) is 7.19. The van der Waals surface area contributed by atoms with Crippen LogP contribution in [0.25, 0.3) is 0 Å². The number of benzene rings is 1. The van der Waals surface area contributed by atoms with Gasteiger partial charge in [-0.1, -0.05) is 0 Å². The van der Waals surface area contributed by atoms with Crippen molar-refractivity contribution in [2.45, 2.75) is 35.0 Å². The molecule has 1 rings (SSSR count). The van der Waals surface area contributed by atoms with E-state index in [0.717, 1.165) is 0 Å². The van der Waals surface area contributed by atoms with Crippen LogP contribution in [0.5, 0.6) is 0 Å². The molecule has 1 aromatic carbocycles. The van der Waals surface area contributed by atoms with Crippen LogP contribution in [-0.2, 0) is 16.8 Å². The predicted molar refractivity (Wildman–Crippen MR) is 70.2 cm³/mol. The van der Waals surface area contributed by atoms with Crippen molar-refractivity contribution in [3.8, 4) is 0 Å². The Bertz CT molecular complexity index is 682. The number of alkyl halides is 12. The third-order valence-electron chi connectivity index (χ3n) is 2.93. The highest BCUT2D eigenvalue weighted by Gasteiger charge is 2.81. The number of halogens is 13. The molecule has 0 aliphatic rings. The molecule has 155 valence electrons. The summed E-state index contributed by atoms with van der Waals surface area (Å²) >= 11 is -0.948. The van der Waals surface area contributed by atoms with Gasteiger partial charge in [0.15, 0.2) is 4.90 Å². The molecule has 0 saturated carbocycles. The molecule has 2 atom stereocenters. The molecule has 27 heavy (non-hydrogen) atoms. The van der Waals surface area contributed by atoms with Crippen LogP contribution in [0.4, 0.5) is 52.7 Å². The average Bonchev–Trinajstić information content (AvgIpc) is 2.41. The first-order valence-electron chi connectivity index (χ1n) is 6.12. The maximum absolute atomic E-state index is 14.3. The summed E-state index contributed by atoms with van der Waals surface area (Å²) in [6, 6.07) is 1.13. The van der Waals surface area contributed by atoms with Gasteiger partial charge < -0.3 is 4.55 Å². The van der Waals surface area contributed by atoms with E-state index in [0.29, 0.717) is 0 Å². The molecule has 0 aliphatic heterocycles. The first kappa shape index (κ1) is 24.2. The summed E-state index contributed by atoms with van der Waals surface area (Å²) in [7, 11) is 0. The molecule has 0 heterocycles. The maximum Gasteiger partial charge on any atom is 0.457 e. The van der Waals surface area contributed by atoms with E-state index in [1.807, 2.05) is 0 Å². The molecular weight excluding hydrogens is 500 g/mol. The molecule has 1 radical (unpaired) electrons. The lowest BCUT2D eigenvalue weighted by Crippen LogP contribution is -2.59. The average molecular weight is 504 g/mol. The fourth-order valence-electron chi connectivity index (χ4n) is 1.78. The Kier molecular flexibility index (Phi) is 6.46. The molecule has 0 saturated heterocycles. The number of hydrogen-bond acceptors (Lipinski definition) is 1.